The van der Waals surface area contributed by atoms with Crippen molar-refractivity contribution in [1.82, 2.24) is 0 Å². The molecule has 0 saturated heterocycles. The highest BCUT2D eigenvalue weighted by atomic mass is 35.5. The van der Waals surface area contributed by atoms with Crippen molar-refractivity contribution in [2.24, 2.45) is 5.73 Å². The van der Waals surface area contributed by atoms with E-state index < -0.39 is 4.87 Å². The Morgan fingerprint density at radius 2 is 1.78 bits per heavy atom. The lowest BCUT2D eigenvalue weighted by molar-refractivity contribution is 0.627. The fourth-order valence-electron chi connectivity index (χ4n) is 1.43. The molecular formula is C14H18Cl2N2. The van der Waals surface area contributed by atoms with E-state index in [4.69, 9.17) is 34.7 Å². The van der Waals surface area contributed by atoms with Crippen LogP contribution in [-0.4, -0.2) is 10.9 Å². The minimum absolute atomic E-state index is 0.147. The molecule has 0 aliphatic heterocycles. The molecule has 0 aromatic heterocycles. The van der Waals surface area contributed by atoms with Crippen LogP contribution in [0.3, 0.4) is 0 Å². The van der Waals surface area contributed by atoms with Gasteiger partial charge in [0.05, 0.1) is 4.87 Å². The average molecular weight is 285 g/mol. The molecule has 2 unspecified atom stereocenters. The van der Waals surface area contributed by atoms with Crippen LogP contribution in [0.25, 0.3) is 0 Å². The Kier molecular flexibility index (Phi) is 5.27. The molecule has 0 bridgehead atoms. The van der Waals surface area contributed by atoms with Gasteiger partial charge in [0.25, 0.3) is 0 Å². The van der Waals surface area contributed by atoms with Crippen LogP contribution in [0.1, 0.15) is 13.8 Å². The van der Waals surface area contributed by atoms with E-state index in [9.17, 15) is 0 Å². The molecule has 1 aliphatic carbocycles. The zero-order chi connectivity index (χ0) is 13.8. The maximum atomic E-state index is 6.15. The van der Waals surface area contributed by atoms with E-state index in [2.05, 4.69) is 0 Å². The number of anilines is 1. The van der Waals surface area contributed by atoms with Crippen molar-refractivity contribution >= 4 is 28.9 Å². The van der Waals surface area contributed by atoms with Crippen molar-refractivity contribution in [3.8, 4) is 0 Å². The number of alkyl halides is 1. The molecule has 98 valence electrons. The zero-order valence-electron chi connectivity index (χ0n) is 10.5. The van der Waals surface area contributed by atoms with Crippen LogP contribution < -0.4 is 11.5 Å². The molecule has 0 saturated carbocycles. The normalized spacial score (nSPS) is 26.6. The molecule has 0 spiro atoms. The van der Waals surface area contributed by atoms with Crippen molar-refractivity contribution in [3.63, 3.8) is 0 Å². The maximum absolute atomic E-state index is 6.15. The SMILES string of the molecule is CC1=C(Cl)C=CC(N)C1(C)Cl.Nc1ccccc1. The number of benzene rings is 1. The molecule has 4 N–H and O–H groups in total. The van der Waals surface area contributed by atoms with Crippen LogP contribution in [0.2, 0.25) is 0 Å². The number of allylic oxidation sites excluding steroid dienone is 2. The summed E-state index contributed by atoms with van der Waals surface area (Å²) in [7, 11) is 0. The van der Waals surface area contributed by atoms with Crippen LogP contribution in [0.4, 0.5) is 5.69 Å². The highest BCUT2D eigenvalue weighted by molar-refractivity contribution is 6.34. The Labute approximate surface area is 118 Å². The lowest BCUT2D eigenvalue weighted by Gasteiger charge is -2.31. The number of halogens is 2. The summed E-state index contributed by atoms with van der Waals surface area (Å²) < 4.78 is 0. The summed E-state index contributed by atoms with van der Waals surface area (Å²) in [6.07, 6.45) is 3.62. The number of nitrogen functional groups attached to an aromatic ring is 1. The molecule has 0 heterocycles. The Morgan fingerprint density at radius 3 is 2.17 bits per heavy atom. The molecule has 0 amide bonds. The van der Waals surface area contributed by atoms with Crippen LogP contribution >= 0.6 is 23.2 Å². The van der Waals surface area contributed by atoms with Gasteiger partial charge in [-0.2, -0.15) is 0 Å². The Balaban J connectivity index is 0.000000199. The summed E-state index contributed by atoms with van der Waals surface area (Å²) in [6, 6.07) is 9.34. The van der Waals surface area contributed by atoms with Crippen LogP contribution in [0, 0.1) is 0 Å². The lowest BCUT2D eigenvalue weighted by atomic mass is 9.89. The van der Waals surface area contributed by atoms with E-state index in [1.54, 1.807) is 6.08 Å². The fraction of sp³-hybridized carbons (Fsp3) is 0.286. The first-order chi connectivity index (χ1) is 8.35. The van der Waals surface area contributed by atoms with Gasteiger partial charge < -0.3 is 11.5 Å². The minimum Gasteiger partial charge on any atom is -0.399 e. The predicted molar refractivity (Wildman–Crippen MR) is 80.8 cm³/mol. The monoisotopic (exact) mass is 284 g/mol. The van der Waals surface area contributed by atoms with Crippen molar-refractivity contribution in [2.75, 3.05) is 5.73 Å². The number of hydrogen-bond acceptors (Lipinski definition) is 2. The van der Waals surface area contributed by atoms with E-state index in [0.29, 0.717) is 5.03 Å². The zero-order valence-corrected chi connectivity index (χ0v) is 12.0. The van der Waals surface area contributed by atoms with Gasteiger partial charge in [0.15, 0.2) is 0 Å². The van der Waals surface area contributed by atoms with E-state index in [-0.39, 0.29) is 6.04 Å². The third kappa shape index (κ3) is 3.77. The van der Waals surface area contributed by atoms with Gasteiger partial charge in [0.1, 0.15) is 0 Å². The molecule has 0 fully saturated rings. The summed E-state index contributed by atoms with van der Waals surface area (Å²) in [5, 5.41) is 0.698. The van der Waals surface area contributed by atoms with Gasteiger partial charge in [0, 0.05) is 16.8 Å². The number of nitrogens with two attached hydrogens (primary N) is 2. The van der Waals surface area contributed by atoms with E-state index in [0.717, 1.165) is 11.3 Å². The molecular weight excluding hydrogens is 267 g/mol. The van der Waals surface area contributed by atoms with Crippen molar-refractivity contribution < 1.29 is 0 Å². The second kappa shape index (κ2) is 6.28. The second-order valence-electron chi connectivity index (χ2n) is 4.34. The van der Waals surface area contributed by atoms with Gasteiger partial charge in [0.2, 0.25) is 0 Å². The van der Waals surface area contributed by atoms with Crippen LogP contribution in [0.5, 0.6) is 0 Å². The Hall–Kier alpha value is -0.960. The summed E-state index contributed by atoms with van der Waals surface area (Å²) in [5.41, 5.74) is 12.9. The smallest absolute Gasteiger partial charge is 0.0827 e. The number of para-hydroxylation sites is 1. The van der Waals surface area contributed by atoms with Crippen molar-refractivity contribution in [1.29, 1.82) is 0 Å². The minimum atomic E-state index is -0.522. The predicted octanol–water partition coefficient (Wildman–Crippen LogP) is 3.66. The van der Waals surface area contributed by atoms with Gasteiger partial charge in [-0.15, -0.1) is 11.6 Å². The van der Waals surface area contributed by atoms with E-state index in [1.165, 1.54) is 0 Å². The Morgan fingerprint density at radius 1 is 1.22 bits per heavy atom. The molecule has 1 aliphatic rings. The average Bonchev–Trinajstić information content (AvgIpc) is 2.34. The third-order valence-corrected chi connectivity index (χ3v) is 3.91. The standard InChI is InChI=1S/C8H11Cl2N.C6H7N/c1-5-6(9)3-4-7(11)8(5,2)10;7-6-4-2-1-3-5-6/h3-4,7H,11H2,1-2H3;1-5H,7H2. The highest BCUT2D eigenvalue weighted by Crippen LogP contribution is 2.35. The van der Waals surface area contributed by atoms with Crippen molar-refractivity contribution in [3.05, 3.63) is 53.1 Å². The van der Waals surface area contributed by atoms with E-state index in [1.807, 2.05) is 50.3 Å². The quantitative estimate of drug-likeness (QED) is 0.564. The first kappa shape index (κ1) is 15.1. The Bertz CT molecular complexity index is 450. The largest absolute Gasteiger partial charge is 0.399 e. The topological polar surface area (TPSA) is 52.0 Å². The molecule has 4 heteroatoms. The third-order valence-electron chi connectivity index (χ3n) is 2.97. The molecule has 18 heavy (non-hydrogen) atoms. The highest BCUT2D eigenvalue weighted by Gasteiger charge is 2.33. The number of rotatable bonds is 0. The van der Waals surface area contributed by atoms with E-state index >= 15 is 0 Å². The molecule has 1 aromatic rings. The first-order valence-electron chi connectivity index (χ1n) is 5.65. The first-order valence-corrected chi connectivity index (χ1v) is 6.41. The molecule has 2 rings (SSSR count). The van der Waals surface area contributed by atoms with Gasteiger partial charge in [-0.05, 0) is 37.6 Å². The van der Waals surface area contributed by atoms with Gasteiger partial charge in [-0.3, -0.25) is 0 Å². The summed E-state index contributed by atoms with van der Waals surface area (Å²) in [6.45, 7) is 3.78. The summed E-state index contributed by atoms with van der Waals surface area (Å²) >= 11 is 12.0. The van der Waals surface area contributed by atoms with Crippen LogP contribution in [-0.2, 0) is 0 Å². The maximum Gasteiger partial charge on any atom is 0.0827 e. The van der Waals surface area contributed by atoms with Gasteiger partial charge >= 0.3 is 0 Å². The van der Waals surface area contributed by atoms with Crippen molar-refractivity contribution in [2.45, 2.75) is 24.8 Å². The fourth-order valence-corrected chi connectivity index (χ4v) is 1.92. The van der Waals surface area contributed by atoms with Gasteiger partial charge in [-0.1, -0.05) is 35.9 Å². The summed E-state index contributed by atoms with van der Waals surface area (Å²) in [4.78, 5) is -0.522. The molecule has 0 radical (unpaired) electrons. The van der Waals surface area contributed by atoms with Gasteiger partial charge in [-0.25, -0.2) is 0 Å². The molecule has 1 aromatic carbocycles. The number of hydrogen-bond donors (Lipinski definition) is 2. The molecule has 2 atom stereocenters. The van der Waals surface area contributed by atoms with Crippen LogP contribution in [0.15, 0.2) is 53.1 Å². The molecule has 2 nitrogen and oxygen atoms in total. The second-order valence-corrected chi connectivity index (χ2v) is 5.54. The lowest BCUT2D eigenvalue weighted by Crippen LogP contribution is -2.42. The summed E-state index contributed by atoms with van der Waals surface area (Å²) in [5.74, 6) is 0.